The summed E-state index contributed by atoms with van der Waals surface area (Å²) in [5, 5.41) is 4.15. The Labute approximate surface area is 77.0 Å². The number of aromatic nitrogens is 2. The highest BCUT2D eigenvalue weighted by Crippen LogP contribution is 2.20. The predicted molar refractivity (Wildman–Crippen MR) is 47.8 cm³/mol. The summed E-state index contributed by atoms with van der Waals surface area (Å²) in [5.41, 5.74) is 0. The first-order valence-electron chi connectivity index (χ1n) is 4.26. The van der Waals surface area contributed by atoms with E-state index in [0.29, 0.717) is 6.04 Å². The van der Waals surface area contributed by atoms with Crippen molar-refractivity contribution in [3.63, 3.8) is 0 Å². The summed E-state index contributed by atoms with van der Waals surface area (Å²) in [5.74, 6) is 0. The SMILES string of the molecule is ClN1CCC[C@@H]1Cn1cccn1. The maximum atomic E-state index is 5.99. The molecule has 1 aliphatic rings. The zero-order valence-electron chi connectivity index (χ0n) is 6.86. The van der Waals surface area contributed by atoms with Crippen molar-refractivity contribution in [1.29, 1.82) is 0 Å². The van der Waals surface area contributed by atoms with Crippen molar-refractivity contribution in [1.82, 2.24) is 14.2 Å². The molecule has 0 aromatic carbocycles. The molecule has 0 bridgehead atoms. The molecule has 1 aromatic rings. The summed E-state index contributed by atoms with van der Waals surface area (Å²) in [7, 11) is 0. The Hall–Kier alpha value is -0.540. The highest BCUT2D eigenvalue weighted by Gasteiger charge is 2.22. The van der Waals surface area contributed by atoms with Crippen LogP contribution in [0.15, 0.2) is 18.5 Å². The van der Waals surface area contributed by atoms with Gasteiger partial charge in [-0.25, -0.2) is 4.42 Å². The van der Waals surface area contributed by atoms with Crippen molar-refractivity contribution >= 4 is 11.8 Å². The van der Waals surface area contributed by atoms with Crippen molar-refractivity contribution in [2.45, 2.75) is 25.4 Å². The van der Waals surface area contributed by atoms with Gasteiger partial charge in [-0.05, 0) is 30.7 Å². The van der Waals surface area contributed by atoms with Crippen molar-refractivity contribution in [3.8, 4) is 0 Å². The lowest BCUT2D eigenvalue weighted by Crippen LogP contribution is -2.25. The molecule has 0 saturated carbocycles. The van der Waals surface area contributed by atoms with Gasteiger partial charge in [0.25, 0.3) is 0 Å². The highest BCUT2D eigenvalue weighted by atomic mass is 35.5. The van der Waals surface area contributed by atoms with Gasteiger partial charge in [0.2, 0.25) is 0 Å². The molecule has 1 aromatic heterocycles. The maximum Gasteiger partial charge on any atom is 0.0578 e. The lowest BCUT2D eigenvalue weighted by atomic mass is 10.2. The molecule has 1 fully saturated rings. The zero-order valence-corrected chi connectivity index (χ0v) is 7.61. The molecule has 1 aliphatic heterocycles. The Kier molecular flexibility index (Phi) is 2.33. The molecule has 0 N–H and O–H groups in total. The van der Waals surface area contributed by atoms with E-state index in [1.165, 1.54) is 12.8 Å². The molecule has 3 nitrogen and oxygen atoms in total. The molecule has 4 heteroatoms. The van der Waals surface area contributed by atoms with Crippen LogP contribution < -0.4 is 0 Å². The van der Waals surface area contributed by atoms with Crippen LogP contribution in [0.3, 0.4) is 0 Å². The molecule has 12 heavy (non-hydrogen) atoms. The number of nitrogens with zero attached hydrogens (tertiary/aromatic N) is 3. The third-order valence-electron chi connectivity index (χ3n) is 2.26. The average Bonchev–Trinajstić information content (AvgIpc) is 2.65. The number of rotatable bonds is 2. The first-order chi connectivity index (χ1) is 5.86. The second kappa shape index (κ2) is 3.46. The van der Waals surface area contributed by atoms with Crippen LogP contribution in [0.4, 0.5) is 0 Å². The monoisotopic (exact) mass is 185 g/mol. The van der Waals surface area contributed by atoms with E-state index in [1.54, 1.807) is 6.20 Å². The lowest BCUT2D eigenvalue weighted by molar-refractivity contribution is 0.360. The molecule has 1 saturated heterocycles. The minimum atomic E-state index is 0.464. The second-order valence-corrected chi connectivity index (χ2v) is 3.58. The van der Waals surface area contributed by atoms with Crippen LogP contribution in [0.2, 0.25) is 0 Å². The van der Waals surface area contributed by atoms with Crippen LogP contribution in [0.25, 0.3) is 0 Å². The fourth-order valence-electron chi connectivity index (χ4n) is 1.60. The van der Waals surface area contributed by atoms with Gasteiger partial charge >= 0.3 is 0 Å². The van der Waals surface area contributed by atoms with Gasteiger partial charge < -0.3 is 0 Å². The molecule has 0 unspecified atom stereocenters. The standard InChI is InChI=1S/C8H12ClN3/c9-12-6-1-3-8(12)7-11-5-2-4-10-11/h2,4-5,8H,1,3,6-7H2/t8-/m1/s1. The molecule has 0 spiro atoms. The number of halogens is 1. The maximum absolute atomic E-state index is 5.99. The van der Waals surface area contributed by atoms with E-state index in [9.17, 15) is 0 Å². The topological polar surface area (TPSA) is 21.1 Å². The van der Waals surface area contributed by atoms with Crippen molar-refractivity contribution in [2.75, 3.05) is 6.54 Å². The Morgan fingerprint density at radius 3 is 3.08 bits per heavy atom. The van der Waals surface area contributed by atoms with Crippen LogP contribution in [0, 0.1) is 0 Å². The minimum Gasteiger partial charge on any atom is -0.271 e. The quantitative estimate of drug-likeness (QED) is 0.652. The predicted octanol–water partition coefficient (Wildman–Crippen LogP) is 1.50. The van der Waals surface area contributed by atoms with E-state index in [4.69, 9.17) is 11.8 Å². The first-order valence-corrected chi connectivity index (χ1v) is 4.60. The smallest absolute Gasteiger partial charge is 0.0578 e. The summed E-state index contributed by atoms with van der Waals surface area (Å²) in [4.78, 5) is 0. The second-order valence-electron chi connectivity index (χ2n) is 3.15. The lowest BCUT2D eigenvalue weighted by Gasteiger charge is -2.15. The minimum absolute atomic E-state index is 0.464. The van der Waals surface area contributed by atoms with Crippen molar-refractivity contribution in [3.05, 3.63) is 18.5 Å². The van der Waals surface area contributed by atoms with E-state index >= 15 is 0 Å². The van der Waals surface area contributed by atoms with Crippen LogP contribution >= 0.6 is 11.8 Å². The summed E-state index contributed by atoms with van der Waals surface area (Å²) in [6, 6.07) is 2.40. The molecule has 2 rings (SSSR count). The normalized spacial score (nSPS) is 24.9. The van der Waals surface area contributed by atoms with Crippen LogP contribution in [0.1, 0.15) is 12.8 Å². The summed E-state index contributed by atoms with van der Waals surface area (Å²) in [6.07, 6.45) is 6.16. The summed E-state index contributed by atoms with van der Waals surface area (Å²) < 4.78 is 3.83. The van der Waals surface area contributed by atoms with Gasteiger partial charge in [0.05, 0.1) is 6.54 Å². The van der Waals surface area contributed by atoms with E-state index in [2.05, 4.69) is 5.10 Å². The Morgan fingerprint density at radius 2 is 2.50 bits per heavy atom. The number of hydrogen-bond donors (Lipinski definition) is 0. The fourth-order valence-corrected chi connectivity index (χ4v) is 1.88. The molecule has 2 heterocycles. The Bertz CT molecular complexity index is 234. The van der Waals surface area contributed by atoms with E-state index in [1.807, 2.05) is 21.4 Å². The van der Waals surface area contributed by atoms with E-state index in [0.717, 1.165) is 13.1 Å². The molecule has 0 amide bonds. The van der Waals surface area contributed by atoms with Crippen LogP contribution in [0.5, 0.6) is 0 Å². The molecular weight excluding hydrogens is 174 g/mol. The largest absolute Gasteiger partial charge is 0.271 e. The van der Waals surface area contributed by atoms with Gasteiger partial charge in [-0.3, -0.25) is 4.68 Å². The zero-order chi connectivity index (χ0) is 8.39. The van der Waals surface area contributed by atoms with Gasteiger partial charge in [-0.15, -0.1) is 0 Å². The van der Waals surface area contributed by atoms with Crippen LogP contribution in [-0.4, -0.2) is 26.8 Å². The van der Waals surface area contributed by atoms with Crippen molar-refractivity contribution < 1.29 is 0 Å². The van der Waals surface area contributed by atoms with E-state index < -0.39 is 0 Å². The summed E-state index contributed by atoms with van der Waals surface area (Å²) in [6.45, 7) is 1.92. The van der Waals surface area contributed by atoms with E-state index in [-0.39, 0.29) is 0 Å². The number of hydrogen-bond acceptors (Lipinski definition) is 2. The van der Waals surface area contributed by atoms with Crippen molar-refractivity contribution in [2.24, 2.45) is 0 Å². The third-order valence-corrected chi connectivity index (χ3v) is 2.71. The third kappa shape index (κ3) is 1.62. The van der Waals surface area contributed by atoms with Gasteiger partial charge in [0, 0.05) is 25.0 Å². The highest BCUT2D eigenvalue weighted by molar-refractivity contribution is 6.13. The fraction of sp³-hybridized carbons (Fsp3) is 0.625. The van der Waals surface area contributed by atoms with Crippen LogP contribution in [-0.2, 0) is 6.54 Å². The molecule has 66 valence electrons. The Morgan fingerprint density at radius 1 is 1.58 bits per heavy atom. The summed E-state index contributed by atoms with van der Waals surface area (Å²) >= 11 is 5.99. The van der Waals surface area contributed by atoms with Gasteiger partial charge in [0.15, 0.2) is 0 Å². The van der Waals surface area contributed by atoms with Gasteiger partial charge in [0.1, 0.15) is 0 Å². The molecular formula is C8H12ClN3. The average molecular weight is 186 g/mol. The molecule has 0 aliphatic carbocycles. The molecule has 1 atom stereocenters. The van der Waals surface area contributed by atoms with Gasteiger partial charge in [-0.2, -0.15) is 5.10 Å². The Balaban J connectivity index is 1.95. The first kappa shape index (κ1) is 8.08. The molecule has 0 radical (unpaired) electrons. The van der Waals surface area contributed by atoms with Gasteiger partial charge in [-0.1, -0.05) is 0 Å².